The predicted octanol–water partition coefficient (Wildman–Crippen LogP) is 0.400. The molecule has 3 rings (SSSR count). The third-order valence-corrected chi connectivity index (χ3v) is 3.13. The molecule has 0 atom stereocenters. The number of anilines is 1. The van der Waals surface area contributed by atoms with Crippen LogP contribution in [0.2, 0.25) is 0 Å². The number of aryl methyl sites for hydroxylation is 1. The van der Waals surface area contributed by atoms with Crippen molar-refractivity contribution >= 4 is 16.9 Å². The van der Waals surface area contributed by atoms with E-state index in [1.165, 1.54) is 15.6 Å². The van der Waals surface area contributed by atoms with Crippen molar-refractivity contribution in [1.29, 1.82) is 0 Å². The number of nitrogens with one attached hydrogen (secondary N) is 1. The van der Waals surface area contributed by atoms with Crippen LogP contribution in [0, 0.1) is 0 Å². The zero-order valence-electron chi connectivity index (χ0n) is 11.8. The Morgan fingerprint density at radius 1 is 1.29 bits per heavy atom. The minimum Gasteiger partial charge on any atom is -0.370 e. The fourth-order valence-electron chi connectivity index (χ4n) is 2.06. The lowest BCUT2D eigenvalue weighted by Crippen LogP contribution is -2.24. The van der Waals surface area contributed by atoms with Gasteiger partial charge in [-0.2, -0.15) is 5.10 Å². The molecule has 3 aromatic heterocycles. The molecule has 3 aromatic rings. The molecule has 3 heterocycles. The van der Waals surface area contributed by atoms with E-state index in [-0.39, 0.29) is 5.56 Å². The molecule has 0 saturated carbocycles. The van der Waals surface area contributed by atoms with Crippen molar-refractivity contribution in [2.45, 2.75) is 13.5 Å². The lowest BCUT2D eigenvalue weighted by molar-refractivity contribution is 0.594. The van der Waals surface area contributed by atoms with E-state index >= 15 is 0 Å². The minimum absolute atomic E-state index is 0.205. The quantitative estimate of drug-likeness (QED) is 0.746. The molecule has 0 spiro atoms. The maximum atomic E-state index is 12.3. The number of aromatic nitrogens is 6. The minimum atomic E-state index is -0.205. The highest BCUT2D eigenvalue weighted by atomic mass is 16.1. The fraction of sp³-hybridized carbons (Fsp3) is 0.308. The van der Waals surface area contributed by atoms with Gasteiger partial charge in [0.2, 0.25) is 0 Å². The molecule has 108 valence electrons. The summed E-state index contributed by atoms with van der Waals surface area (Å²) in [6.07, 6.45) is 3.23. The van der Waals surface area contributed by atoms with Crippen LogP contribution in [0.1, 0.15) is 12.5 Å². The highest BCUT2D eigenvalue weighted by molar-refractivity contribution is 5.72. The van der Waals surface area contributed by atoms with Gasteiger partial charge in [-0.15, -0.1) is 5.10 Å². The van der Waals surface area contributed by atoms with Crippen LogP contribution >= 0.6 is 0 Å². The zero-order chi connectivity index (χ0) is 14.8. The lowest BCUT2D eigenvalue weighted by atomic mass is 10.3. The van der Waals surface area contributed by atoms with E-state index in [0.717, 1.165) is 17.9 Å². The number of fused-ring (bicyclic) bond motifs is 1. The van der Waals surface area contributed by atoms with Gasteiger partial charge in [0, 0.05) is 19.8 Å². The van der Waals surface area contributed by atoms with E-state index in [1.807, 2.05) is 19.1 Å². The molecule has 8 heteroatoms. The standard InChI is InChI=1S/C13H15N7O/c1-3-14-11-5-4-9(6-15-11)8-20-13(21)10-7-16-19(2)12(10)17-18-20/h4-7H,3,8H2,1-2H3,(H,14,15). The monoisotopic (exact) mass is 285 g/mol. The zero-order valence-corrected chi connectivity index (χ0v) is 11.8. The third-order valence-electron chi connectivity index (χ3n) is 3.13. The van der Waals surface area contributed by atoms with Crippen LogP contribution < -0.4 is 10.9 Å². The summed E-state index contributed by atoms with van der Waals surface area (Å²) in [5.74, 6) is 0.808. The highest BCUT2D eigenvalue weighted by Crippen LogP contribution is 2.06. The summed E-state index contributed by atoms with van der Waals surface area (Å²) in [4.78, 5) is 16.6. The maximum Gasteiger partial charge on any atom is 0.281 e. The Morgan fingerprint density at radius 2 is 2.14 bits per heavy atom. The average molecular weight is 285 g/mol. The van der Waals surface area contributed by atoms with Crippen molar-refractivity contribution in [1.82, 2.24) is 29.8 Å². The van der Waals surface area contributed by atoms with Gasteiger partial charge >= 0.3 is 0 Å². The smallest absolute Gasteiger partial charge is 0.281 e. The van der Waals surface area contributed by atoms with Gasteiger partial charge in [0.1, 0.15) is 11.2 Å². The molecule has 0 radical (unpaired) electrons. The summed E-state index contributed by atoms with van der Waals surface area (Å²) in [7, 11) is 1.73. The van der Waals surface area contributed by atoms with E-state index in [2.05, 4.69) is 25.7 Å². The van der Waals surface area contributed by atoms with Crippen molar-refractivity contribution in [2.75, 3.05) is 11.9 Å². The summed E-state index contributed by atoms with van der Waals surface area (Å²) < 4.78 is 2.84. The van der Waals surface area contributed by atoms with Crippen LogP contribution in [0.25, 0.3) is 11.0 Å². The molecule has 0 unspecified atom stereocenters. The van der Waals surface area contributed by atoms with Gasteiger partial charge in [-0.1, -0.05) is 11.3 Å². The van der Waals surface area contributed by atoms with E-state index in [4.69, 9.17) is 0 Å². The molecule has 0 bridgehead atoms. The second-order valence-electron chi connectivity index (χ2n) is 4.64. The molecule has 0 aliphatic heterocycles. The van der Waals surface area contributed by atoms with Gasteiger partial charge in [0.05, 0.1) is 12.7 Å². The molecule has 0 amide bonds. The van der Waals surface area contributed by atoms with Crippen molar-refractivity contribution in [3.8, 4) is 0 Å². The molecule has 0 aliphatic rings. The topological polar surface area (TPSA) is 90.5 Å². The predicted molar refractivity (Wildman–Crippen MR) is 78.1 cm³/mol. The first-order valence-electron chi connectivity index (χ1n) is 6.63. The Bertz CT molecular complexity index is 819. The van der Waals surface area contributed by atoms with Gasteiger partial charge in [-0.3, -0.25) is 4.79 Å². The van der Waals surface area contributed by atoms with E-state index in [9.17, 15) is 4.79 Å². The average Bonchev–Trinajstić information content (AvgIpc) is 2.86. The molecule has 0 fully saturated rings. The van der Waals surface area contributed by atoms with Crippen molar-refractivity contribution in [3.05, 3.63) is 40.4 Å². The van der Waals surface area contributed by atoms with Gasteiger partial charge in [-0.25, -0.2) is 14.3 Å². The summed E-state index contributed by atoms with van der Waals surface area (Å²) in [5.41, 5.74) is 1.16. The molecular weight excluding hydrogens is 270 g/mol. The van der Waals surface area contributed by atoms with Gasteiger partial charge < -0.3 is 5.32 Å². The normalized spacial score (nSPS) is 11.0. The summed E-state index contributed by atoms with van der Waals surface area (Å²) in [6, 6.07) is 3.78. The number of nitrogens with zero attached hydrogens (tertiary/aromatic N) is 6. The summed E-state index contributed by atoms with van der Waals surface area (Å²) in [6.45, 7) is 3.15. The Kier molecular flexibility index (Phi) is 3.35. The first kappa shape index (κ1) is 13.2. The van der Waals surface area contributed by atoms with Gasteiger partial charge in [-0.05, 0) is 18.6 Å². The largest absolute Gasteiger partial charge is 0.370 e. The molecule has 1 N–H and O–H groups in total. The molecule has 0 aliphatic carbocycles. The van der Waals surface area contributed by atoms with Gasteiger partial charge in [0.25, 0.3) is 5.56 Å². The number of pyridine rings is 1. The van der Waals surface area contributed by atoms with Crippen LogP contribution in [0.5, 0.6) is 0 Å². The van der Waals surface area contributed by atoms with Crippen molar-refractivity contribution in [2.24, 2.45) is 7.05 Å². The van der Waals surface area contributed by atoms with Crippen molar-refractivity contribution in [3.63, 3.8) is 0 Å². The second-order valence-corrected chi connectivity index (χ2v) is 4.64. The van der Waals surface area contributed by atoms with Crippen LogP contribution in [0.3, 0.4) is 0 Å². The number of rotatable bonds is 4. The summed E-state index contributed by atoms with van der Waals surface area (Å²) in [5, 5.41) is 15.6. The molecule has 8 nitrogen and oxygen atoms in total. The van der Waals surface area contributed by atoms with Gasteiger partial charge in [0.15, 0.2) is 5.65 Å². The van der Waals surface area contributed by atoms with Crippen molar-refractivity contribution < 1.29 is 0 Å². The van der Waals surface area contributed by atoms with Crippen LogP contribution in [0.15, 0.2) is 29.3 Å². The summed E-state index contributed by atoms with van der Waals surface area (Å²) >= 11 is 0. The molecule has 0 saturated heterocycles. The third kappa shape index (κ3) is 2.47. The van der Waals surface area contributed by atoms with E-state index in [1.54, 1.807) is 13.2 Å². The molecule has 0 aromatic carbocycles. The Morgan fingerprint density at radius 3 is 2.86 bits per heavy atom. The second kappa shape index (κ2) is 5.31. The fourth-order valence-corrected chi connectivity index (χ4v) is 2.06. The first-order valence-corrected chi connectivity index (χ1v) is 6.63. The Balaban J connectivity index is 1.91. The van der Waals surface area contributed by atoms with E-state index in [0.29, 0.717) is 17.6 Å². The number of hydrogen-bond donors (Lipinski definition) is 1. The first-order chi connectivity index (χ1) is 10.2. The number of hydrogen-bond acceptors (Lipinski definition) is 6. The maximum absolute atomic E-state index is 12.3. The molecule has 21 heavy (non-hydrogen) atoms. The van der Waals surface area contributed by atoms with Crippen LogP contribution in [-0.4, -0.2) is 36.3 Å². The highest BCUT2D eigenvalue weighted by Gasteiger charge is 2.09. The van der Waals surface area contributed by atoms with Crippen LogP contribution in [0.4, 0.5) is 5.82 Å². The molecular formula is C13H15N7O. The van der Waals surface area contributed by atoms with E-state index < -0.39 is 0 Å². The SMILES string of the molecule is CCNc1ccc(Cn2nnc3c(cnn3C)c2=O)cn1. The van der Waals surface area contributed by atoms with Crippen LogP contribution in [-0.2, 0) is 13.6 Å². The lowest BCUT2D eigenvalue weighted by Gasteiger charge is -2.05. The Hall–Kier alpha value is -2.77. The Labute approximate surface area is 120 Å².